The predicted molar refractivity (Wildman–Crippen MR) is 108 cm³/mol. The summed E-state index contributed by atoms with van der Waals surface area (Å²) in [5, 5.41) is 3.15. The fraction of sp³-hybridized carbons (Fsp3) is 0.208. The van der Waals surface area contributed by atoms with Gasteiger partial charge in [-0.25, -0.2) is 0 Å². The third-order valence-electron chi connectivity index (χ3n) is 5.18. The number of benzene rings is 3. The summed E-state index contributed by atoms with van der Waals surface area (Å²) in [6.07, 6.45) is 0. The highest BCUT2D eigenvalue weighted by molar-refractivity contribution is 5.78. The van der Waals surface area contributed by atoms with Crippen LogP contribution < -0.4 is 5.32 Å². The first kappa shape index (κ1) is 17.5. The summed E-state index contributed by atoms with van der Waals surface area (Å²) in [7, 11) is 0. The summed E-state index contributed by atoms with van der Waals surface area (Å²) >= 11 is 0. The molecule has 0 saturated heterocycles. The van der Waals surface area contributed by atoms with Crippen molar-refractivity contribution in [2.24, 2.45) is 0 Å². The quantitative estimate of drug-likeness (QED) is 0.725. The molecule has 4 rings (SSSR count). The average molecular weight is 356 g/mol. The van der Waals surface area contributed by atoms with Crippen LogP contribution in [0.25, 0.3) is 0 Å². The lowest BCUT2D eigenvalue weighted by Crippen LogP contribution is -2.36. The van der Waals surface area contributed by atoms with Crippen LogP contribution in [0.4, 0.5) is 0 Å². The van der Waals surface area contributed by atoms with Crippen LogP contribution in [0, 0.1) is 0 Å². The molecule has 0 bridgehead atoms. The monoisotopic (exact) mass is 356 g/mol. The lowest BCUT2D eigenvalue weighted by Gasteiger charge is -2.20. The van der Waals surface area contributed by atoms with Crippen molar-refractivity contribution in [3.8, 4) is 0 Å². The third kappa shape index (κ3) is 4.26. The molecule has 0 fully saturated rings. The number of hydrogen-bond donors (Lipinski definition) is 1. The number of carbonyl (C=O) groups excluding carboxylic acids is 1. The van der Waals surface area contributed by atoms with Crippen molar-refractivity contribution in [2.75, 3.05) is 13.1 Å². The molecule has 27 heavy (non-hydrogen) atoms. The highest BCUT2D eigenvalue weighted by Crippen LogP contribution is 2.24. The van der Waals surface area contributed by atoms with Gasteiger partial charge in [0.05, 0.1) is 6.54 Å². The molecule has 3 aromatic rings. The Morgan fingerprint density at radius 3 is 1.78 bits per heavy atom. The van der Waals surface area contributed by atoms with Crippen LogP contribution in [0.2, 0.25) is 0 Å². The molecular formula is C24H24N2O. The largest absolute Gasteiger partial charge is 0.354 e. The predicted octanol–water partition coefficient (Wildman–Crippen LogP) is 3.95. The van der Waals surface area contributed by atoms with Gasteiger partial charge in [0, 0.05) is 25.6 Å². The van der Waals surface area contributed by atoms with Gasteiger partial charge in [0.1, 0.15) is 0 Å². The molecule has 0 radical (unpaired) electrons. The van der Waals surface area contributed by atoms with Crippen molar-refractivity contribution >= 4 is 5.91 Å². The number of hydrogen-bond acceptors (Lipinski definition) is 2. The Morgan fingerprint density at radius 2 is 1.26 bits per heavy atom. The standard InChI is InChI=1S/C24H24N2O/c27-24(18-26-16-21-13-7-8-14-22(21)17-26)25-15-23(19-9-3-1-4-10-19)20-11-5-2-6-12-20/h1-14,23H,15-18H2,(H,25,27). The number of nitrogens with one attached hydrogen (secondary N) is 1. The first-order valence-electron chi connectivity index (χ1n) is 9.45. The molecule has 0 aromatic heterocycles. The van der Waals surface area contributed by atoms with Crippen LogP contribution in [0.5, 0.6) is 0 Å². The minimum absolute atomic E-state index is 0.0830. The Labute approximate surface area is 160 Å². The van der Waals surface area contributed by atoms with E-state index in [9.17, 15) is 4.79 Å². The summed E-state index contributed by atoms with van der Waals surface area (Å²) in [5.74, 6) is 0.242. The second-order valence-corrected chi connectivity index (χ2v) is 7.09. The molecule has 0 aliphatic carbocycles. The molecule has 136 valence electrons. The Bertz CT molecular complexity index is 828. The van der Waals surface area contributed by atoms with Crippen LogP contribution in [-0.2, 0) is 17.9 Å². The molecule has 0 spiro atoms. The molecule has 1 aliphatic heterocycles. The minimum Gasteiger partial charge on any atom is -0.354 e. The third-order valence-corrected chi connectivity index (χ3v) is 5.18. The van der Waals surface area contributed by atoms with E-state index in [-0.39, 0.29) is 11.8 Å². The van der Waals surface area contributed by atoms with E-state index in [2.05, 4.69) is 83.0 Å². The van der Waals surface area contributed by atoms with Gasteiger partial charge in [-0.15, -0.1) is 0 Å². The Hall–Kier alpha value is -2.91. The topological polar surface area (TPSA) is 32.3 Å². The lowest BCUT2D eigenvalue weighted by molar-refractivity contribution is -0.122. The van der Waals surface area contributed by atoms with Crippen LogP contribution in [-0.4, -0.2) is 23.9 Å². The number of carbonyl (C=O) groups is 1. The summed E-state index contributed by atoms with van der Waals surface area (Å²) in [6.45, 7) is 2.74. The minimum atomic E-state index is 0.0830. The van der Waals surface area contributed by atoms with E-state index in [0.29, 0.717) is 13.1 Å². The van der Waals surface area contributed by atoms with Crippen LogP contribution in [0.15, 0.2) is 84.9 Å². The average Bonchev–Trinajstić information content (AvgIpc) is 3.12. The van der Waals surface area contributed by atoms with Crippen molar-refractivity contribution in [2.45, 2.75) is 19.0 Å². The van der Waals surface area contributed by atoms with E-state index < -0.39 is 0 Å². The SMILES string of the molecule is O=C(CN1Cc2ccccc2C1)NCC(c1ccccc1)c1ccccc1. The van der Waals surface area contributed by atoms with Gasteiger partial charge < -0.3 is 5.32 Å². The normalized spacial score (nSPS) is 13.5. The molecular weight excluding hydrogens is 332 g/mol. The number of rotatable bonds is 6. The summed E-state index contributed by atoms with van der Waals surface area (Å²) in [5.41, 5.74) is 5.10. The molecule has 1 aliphatic rings. The fourth-order valence-electron chi connectivity index (χ4n) is 3.79. The molecule has 0 atom stereocenters. The van der Waals surface area contributed by atoms with E-state index in [1.54, 1.807) is 0 Å². The molecule has 0 saturated carbocycles. The molecule has 3 heteroatoms. The zero-order valence-corrected chi connectivity index (χ0v) is 15.3. The molecule has 3 aromatic carbocycles. The molecule has 1 N–H and O–H groups in total. The first-order valence-corrected chi connectivity index (χ1v) is 9.45. The number of amides is 1. The Balaban J connectivity index is 1.39. The summed E-state index contributed by atoms with van der Waals surface area (Å²) in [4.78, 5) is 14.8. The van der Waals surface area contributed by atoms with Crippen molar-refractivity contribution in [1.29, 1.82) is 0 Å². The van der Waals surface area contributed by atoms with Crippen molar-refractivity contribution in [1.82, 2.24) is 10.2 Å². The van der Waals surface area contributed by atoms with E-state index >= 15 is 0 Å². The fourth-order valence-corrected chi connectivity index (χ4v) is 3.79. The van der Waals surface area contributed by atoms with Crippen LogP contribution in [0.3, 0.4) is 0 Å². The van der Waals surface area contributed by atoms with Crippen LogP contribution >= 0.6 is 0 Å². The maximum absolute atomic E-state index is 12.6. The van der Waals surface area contributed by atoms with Gasteiger partial charge in [0.15, 0.2) is 0 Å². The second-order valence-electron chi connectivity index (χ2n) is 7.09. The Kier molecular flexibility index (Phi) is 5.31. The molecule has 0 unspecified atom stereocenters. The maximum atomic E-state index is 12.6. The highest BCUT2D eigenvalue weighted by atomic mass is 16.2. The van der Waals surface area contributed by atoms with Gasteiger partial charge in [0.2, 0.25) is 5.91 Å². The second kappa shape index (κ2) is 8.19. The van der Waals surface area contributed by atoms with Gasteiger partial charge in [-0.3, -0.25) is 9.69 Å². The maximum Gasteiger partial charge on any atom is 0.234 e. The number of fused-ring (bicyclic) bond motifs is 1. The van der Waals surface area contributed by atoms with Gasteiger partial charge >= 0.3 is 0 Å². The van der Waals surface area contributed by atoms with E-state index in [1.165, 1.54) is 22.3 Å². The highest BCUT2D eigenvalue weighted by Gasteiger charge is 2.21. The van der Waals surface area contributed by atoms with Gasteiger partial charge in [-0.2, -0.15) is 0 Å². The number of nitrogens with zero attached hydrogens (tertiary/aromatic N) is 1. The molecule has 3 nitrogen and oxygen atoms in total. The summed E-state index contributed by atoms with van der Waals surface area (Å²) < 4.78 is 0. The van der Waals surface area contributed by atoms with Gasteiger partial charge in [0.25, 0.3) is 0 Å². The van der Waals surface area contributed by atoms with Gasteiger partial charge in [-0.1, -0.05) is 84.9 Å². The Morgan fingerprint density at radius 1 is 0.778 bits per heavy atom. The first-order chi connectivity index (χ1) is 13.3. The smallest absolute Gasteiger partial charge is 0.234 e. The van der Waals surface area contributed by atoms with E-state index in [0.717, 1.165) is 13.1 Å². The lowest BCUT2D eigenvalue weighted by atomic mass is 9.91. The molecule has 1 amide bonds. The zero-order valence-electron chi connectivity index (χ0n) is 15.3. The zero-order chi connectivity index (χ0) is 18.5. The van der Waals surface area contributed by atoms with Crippen molar-refractivity contribution in [3.63, 3.8) is 0 Å². The van der Waals surface area contributed by atoms with Crippen molar-refractivity contribution in [3.05, 3.63) is 107 Å². The van der Waals surface area contributed by atoms with E-state index in [4.69, 9.17) is 0 Å². The summed E-state index contributed by atoms with van der Waals surface area (Å²) in [6, 6.07) is 29.2. The van der Waals surface area contributed by atoms with Crippen LogP contribution in [0.1, 0.15) is 28.2 Å². The van der Waals surface area contributed by atoms with Gasteiger partial charge in [-0.05, 0) is 22.3 Å². The van der Waals surface area contributed by atoms with Crippen molar-refractivity contribution < 1.29 is 4.79 Å². The van der Waals surface area contributed by atoms with E-state index in [1.807, 2.05) is 12.1 Å². The molecule has 1 heterocycles.